The third kappa shape index (κ3) is 2.29. The van der Waals surface area contributed by atoms with Crippen molar-refractivity contribution in [3.63, 3.8) is 0 Å². The summed E-state index contributed by atoms with van der Waals surface area (Å²) in [4.78, 5) is 5.00. The summed E-state index contributed by atoms with van der Waals surface area (Å²) in [5, 5.41) is 3.45. The van der Waals surface area contributed by atoms with Crippen LogP contribution in [-0.4, -0.2) is 29.3 Å². The van der Waals surface area contributed by atoms with Crippen molar-refractivity contribution < 1.29 is 4.74 Å². The first-order valence-electron chi connectivity index (χ1n) is 7.82. The Morgan fingerprint density at radius 1 is 1.25 bits per heavy atom. The number of aromatic nitrogens is 2. The van der Waals surface area contributed by atoms with Gasteiger partial charge in [-0.05, 0) is 19.8 Å². The second kappa shape index (κ2) is 4.85. The molecule has 0 amide bonds. The average Bonchev–Trinajstić information content (AvgIpc) is 2.79. The number of hydrogen-bond acceptors (Lipinski definition) is 3. The van der Waals surface area contributed by atoms with Crippen molar-refractivity contribution in [1.29, 1.82) is 0 Å². The summed E-state index contributed by atoms with van der Waals surface area (Å²) in [5.41, 5.74) is 2.96. The smallest absolute Gasteiger partial charge is 0.115 e. The highest BCUT2D eigenvalue weighted by atomic mass is 16.5. The lowest BCUT2D eigenvalue weighted by Gasteiger charge is -2.40. The summed E-state index contributed by atoms with van der Waals surface area (Å²) in [7, 11) is 0. The van der Waals surface area contributed by atoms with E-state index in [1.165, 1.54) is 17.2 Å². The summed E-state index contributed by atoms with van der Waals surface area (Å²) in [5.74, 6) is 1.25. The summed E-state index contributed by atoms with van der Waals surface area (Å²) in [6, 6.07) is 0. The predicted octanol–water partition coefficient (Wildman–Crippen LogP) is 2.35. The van der Waals surface area contributed by atoms with Crippen molar-refractivity contribution in [3.8, 4) is 0 Å². The van der Waals surface area contributed by atoms with Crippen LogP contribution in [0.1, 0.15) is 57.7 Å². The van der Waals surface area contributed by atoms with Gasteiger partial charge in [0.25, 0.3) is 0 Å². The SMILES string of the molecule is CC(C)(C)c1nc2c(n1C1(C)CCOCC1)CCNC2. The number of ether oxygens (including phenoxy) is 1. The van der Waals surface area contributed by atoms with Crippen molar-refractivity contribution in [2.24, 2.45) is 0 Å². The molecule has 1 N–H and O–H groups in total. The van der Waals surface area contributed by atoms with Crippen molar-refractivity contribution in [2.45, 2.75) is 64.5 Å². The van der Waals surface area contributed by atoms with E-state index in [0.717, 1.165) is 45.6 Å². The third-order valence-electron chi connectivity index (χ3n) is 4.67. The van der Waals surface area contributed by atoms with Crippen molar-refractivity contribution in [1.82, 2.24) is 14.9 Å². The molecule has 2 aliphatic heterocycles. The van der Waals surface area contributed by atoms with Crippen molar-refractivity contribution in [3.05, 3.63) is 17.2 Å². The summed E-state index contributed by atoms with van der Waals surface area (Å²) >= 11 is 0. The maximum Gasteiger partial charge on any atom is 0.115 e. The van der Waals surface area contributed by atoms with Gasteiger partial charge in [-0.1, -0.05) is 20.8 Å². The van der Waals surface area contributed by atoms with E-state index >= 15 is 0 Å². The summed E-state index contributed by atoms with van der Waals surface area (Å²) in [6.45, 7) is 12.9. The molecule has 0 bridgehead atoms. The molecule has 1 aromatic heterocycles. The van der Waals surface area contributed by atoms with Crippen LogP contribution in [-0.2, 0) is 28.7 Å². The van der Waals surface area contributed by atoms with E-state index in [1.54, 1.807) is 0 Å². The zero-order valence-corrected chi connectivity index (χ0v) is 13.3. The molecule has 1 fully saturated rings. The highest BCUT2D eigenvalue weighted by Gasteiger charge is 2.37. The van der Waals surface area contributed by atoms with Crippen LogP contribution >= 0.6 is 0 Å². The van der Waals surface area contributed by atoms with Crippen molar-refractivity contribution >= 4 is 0 Å². The van der Waals surface area contributed by atoms with Crippen LogP contribution in [0.3, 0.4) is 0 Å². The Bertz CT molecular complexity index is 493. The molecule has 0 spiro atoms. The predicted molar refractivity (Wildman–Crippen MR) is 80.0 cm³/mol. The standard InChI is InChI=1S/C16H27N3O/c1-15(2,3)14-18-12-11-17-8-5-13(12)19(14)16(4)6-9-20-10-7-16/h17H,5-11H2,1-4H3. The van der Waals surface area contributed by atoms with Gasteiger partial charge in [0.1, 0.15) is 5.82 Å². The zero-order chi connectivity index (χ0) is 14.4. The first-order valence-corrected chi connectivity index (χ1v) is 7.82. The second-order valence-electron chi connectivity index (χ2n) is 7.45. The van der Waals surface area contributed by atoms with Crippen LogP contribution in [0.4, 0.5) is 0 Å². The molecular weight excluding hydrogens is 250 g/mol. The normalized spacial score (nSPS) is 22.6. The van der Waals surface area contributed by atoms with Gasteiger partial charge in [-0.15, -0.1) is 0 Å². The molecule has 0 aromatic carbocycles. The molecule has 4 heteroatoms. The Morgan fingerprint density at radius 2 is 1.95 bits per heavy atom. The topological polar surface area (TPSA) is 39.1 Å². The molecule has 0 radical (unpaired) electrons. The minimum atomic E-state index is 0.0820. The van der Waals surface area contributed by atoms with E-state index in [1.807, 2.05) is 0 Å². The van der Waals surface area contributed by atoms with Crippen molar-refractivity contribution in [2.75, 3.05) is 19.8 Å². The van der Waals surface area contributed by atoms with Gasteiger partial charge < -0.3 is 14.6 Å². The average molecular weight is 277 g/mol. The largest absolute Gasteiger partial charge is 0.381 e. The molecule has 2 aliphatic rings. The van der Waals surface area contributed by atoms with Crippen LogP contribution in [0.15, 0.2) is 0 Å². The summed E-state index contributed by atoms with van der Waals surface area (Å²) < 4.78 is 8.16. The lowest BCUT2D eigenvalue weighted by molar-refractivity contribution is 0.0259. The molecule has 112 valence electrons. The first kappa shape index (κ1) is 14.1. The van der Waals surface area contributed by atoms with Gasteiger partial charge in [0.05, 0.1) is 5.69 Å². The fourth-order valence-corrected chi connectivity index (χ4v) is 3.43. The van der Waals surface area contributed by atoms with E-state index in [0.29, 0.717) is 0 Å². The van der Waals surface area contributed by atoms with Gasteiger partial charge in [0, 0.05) is 49.4 Å². The molecule has 0 atom stereocenters. The maximum absolute atomic E-state index is 5.59. The molecule has 0 saturated carbocycles. The van der Waals surface area contributed by atoms with E-state index in [-0.39, 0.29) is 11.0 Å². The zero-order valence-electron chi connectivity index (χ0n) is 13.3. The van der Waals surface area contributed by atoms with Crippen LogP contribution in [0.2, 0.25) is 0 Å². The Labute approximate surface area is 121 Å². The maximum atomic E-state index is 5.59. The monoisotopic (exact) mass is 277 g/mol. The third-order valence-corrected chi connectivity index (χ3v) is 4.67. The number of hydrogen-bond donors (Lipinski definition) is 1. The number of fused-ring (bicyclic) bond motifs is 1. The Kier molecular flexibility index (Phi) is 3.41. The molecule has 3 heterocycles. The molecule has 20 heavy (non-hydrogen) atoms. The van der Waals surface area contributed by atoms with E-state index in [9.17, 15) is 0 Å². The number of nitrogens with zero attached hydrogens (tertiary/aromatic N) is 2. The number of nitrogens with one attached hydrogen (secondary N) is 1. The Hall–Kier alpha value is -0.870. The van der Waals surface area contributed by atoms with Gasteiger partial charge in [-0.25, -0.2) is 4.98 Å². The van der Waals surface area contributed by atoms with Gasteiger partial charge in [0.15, 0.2) is 0 Å². The molecule has 0 aliphatic carbocycles. The Balaban J connectivity index is 2.13. The minimum Gasteiger partial charge on any atom is -0.381 e. The van der Waals surface area contributed by atoms with Gasteiger partial charge in [0.2, 0.25) is 0 Å². The van der Waals surface area contributed by atoms with Gasteiger partial charge in [-0.3, -0.25) is 0 Å². The second-order valence-corrected chi connectivity index (χ2v) is 7.45. The summed E-state index contributed by atoms with van der Waals surface area (Å²) in [6.07, 6.45) is 3.27. The molecule has 1 aromatic rings. The van der Waals surface area contributed by atoms with Crippen LogP contribution in [0.5, 0.6) is 0 Å². The van der Waals surface area contributed by atoms with E-state index in [4.69, 9.17) is 9.72 Å². The fourth-order valence-electron chi connectivity index (χ4n) is 3.43. The first-order chi connectivity index (χ1) is 9.42. The van der Waals surface area contributed by atoms with E-state index in [2.05, 4.69) is 37.6 Å². The number of rotatable bonds is 1. The fraction of sp³-hybridized carbons (Fsp3) is 0.812. The van der Waals surface area contributed by atoms with Crippen LogP contribution in [0.25, 0.3) is 0 Å². The van der Waals surface area contributed by atoms with Gasteiger partial charge in [-0.2, -0.15) is 0 Å². The minimum absolute atomic E-state index is 0.0820. The van der Waals surface area contributed by atoms with E-state index < -0.39 is 0 Å². The highest BCUT2D eigenvalue weighted by Crippen LogP contribution is 2.37. The lowest BCUT2D eigenvalue weighted by Crippen LogP contribution is -2.41. The molecule has 3 rings (SSSR count). The lowest BCUT2D eigenvalue weighted by atomic mass is 9.88. The molecule has 4 nitrogen and oxygen atoms in total. The van der Waals surface area contributed by atoms with Gasteiger partial charge >= 0.3 is 0 Å². The quantitative estimate of drug-likeness (QED) is 0.856. The highest BCUT2D eigenvalue weighted by molar-refractivity contribution is 5.26. The molecular formula is C16H27N3O. The molecule has 1 saturated heterocycles. The molecule has 0 unspecified atom stereocenters. The van der Waals surface area contributed by atoms with Crippen LogP contribution < -0.4 is 5.32 Å². The Morgan fingerprint density at radius 3 is 2.60 bits per heavy atom. The number of imidazole rings is 1. The van der Waals surface area contributed by atoms with Crippen LogP contribution in [0, 0.1) is 0 Å².